The van der Waals surface area contributed by atoms with Crippen molar-refractivity contribution in [2.24, 2.45) is 5.41 Å². The zero-order chi connectivity index (χ0) is 16.8. The van der Waals surface area contributed by atoms with E-state index in [0.29, 0.717) is 31.6 Å². The van der Waals surface area contributed by atoms with Crippen LogP contribution in [0.2, 0.25) is 0 Å². The van der Waals surface area contributed by atoms with E-state index in [2.05, 4.69) is 0 Å². The number of nitrogens with zero attached hydrogens (tertiary/aromatic N) is 2. The van der Waals surface area contributed by atoms with Gasteiger partial charge in [0.25, 0.3) is 5.91 Å². The Kier molecular flexibility index (Phi) is 3.71. The molecule has 5 nitrogen and oxygen atoms in total. The van der Waals surface area contributed by atoms with Crippen LogP contribution in [0.5, 0.6) is 0 Å². The molecule has 2 saturated heterocycles. The highest BCUT2D eigenvalue weighted by Gasteiger charge is 2.49. The summed E-state index contributed by atoms with van der Waals surface area (Å²) >= 11 is 0. The Morgan fingerprint density at radius 1 is 1.22 bits per heavy atom. The standard InChI is InChI=1S/C18H24N2O3/c1-17(2)11-19(12-18(17,3)23)16(22)13-6-4-7-14(10-13)20-9-5-8-15(20)21/h4,6-7,10,23H,5,8-9,11-12H2,1-3H3/t18-/m1/s1. The Balaban J connectivity index is 1.83. The van der Waals surface area contributed by atoms with Crippen molar-refractivity contribution in [3.05, 3.63) is 29.8 Å². The lowest BCUT2D eigenvalue weighted by Crippen LogP contribution is -2.40. The number of hydrogen-bond donors (Lipinski definition) is 1. The third-order valence-corrected chi connectivity index (χ3v) is 5.31. The molecule has 3 rings (SSSR count). The summed E-state index contributed by atoms with van der Waals surface area (Å²) in [5, 5.41) is 10.5. The van der Waals surface area contributed by atoms with Crippen LogP contribution in [-0.2, 0) is 4.79 Å². The number of anilines is 1. The Hall–Kier alpha value is -1.88. The van der Waals surface area contributed by atoms with Crippen molar-refractivity contribution in [3.8, 4) is 0 Å². The number of likely N-dealkylation sites (tertiary alicyclic amines) is 1. The van der Waals surface area contributed by atoms with Crippen LogP contribution in [0.15, 0.2) is 24.3 Å². The number of aliphatic hydroxyl groups is 1. The first-order valence-electron chi connectivity index (χ1n) is 8.13. The lowest BCUT2D eigenvalue weighted by atomic mass is 9.79. The average molecular weight is 316 g/mol. The zero-order valence-corrected chi connectivity index (χ0v) is 14.0. The summed E-state index contributed by atoms with van der Waals surface area (Å²) in [4.78, 5) is 28.1. The Bertz CT molecular complexity index is 635. The van der Waals surface area contributed by atoms with Gasteiger partial charge in [-0.25, -0.2) is 0 Å². The van der Waals surface area contributed by atoms with Crippen LogP contribution in [0.1, 0.15) is 44.0 Å². The highest BCUT2D eigenvalue weighted by atomic mass is 16.3. The van der Waals surface area contributed by atoms with Crippen molar-refractivity contribution in [1.29, 1.82) is 0 Å². The van der Waals surface area contributed by atoms with E-state index in [9.17, 15) is 14.7 Å². The van der Waals surface area contributed by atoms with E-state index in [4.69, 9.17) is 0 Å². The molecular formula is C18H24N2O3. The number of carbonyl (C=O) groups excluding carboxylic acids is 2. The van der Waals surface area contributed by atoms with Crippen LogP contribution in [-0.4, -0.2) is 47.1 Å². The second kappa shape index (κ2) is 5.34. The molecule has 124 valence electrons. The van der Waals surface area contributed by atoms with Gasteiger partial charge in [-0.3, -0.25) is 9.59 Å². The molecule has 1 aromatic carbocycles. The molecular weight excluding hydrogens is 292 g/mol. The summed E-state index contributed by atoms with van der Waals surface area (Å²) in [6.07, 6.45) is 1.43. The number of rotatable bonds is 2. The van der Waals surface area contributed by atoms with Gasteiger partial charge < -0.3 is 14.9 Å². The first-order valence-corrected chi connectivity index (χ1v) is 8.13. The minimum Gasteiger partial charge on any atom is -0.388 e. The molecule has 0 saturated carbocycles. The number of carbonyl (C=O) groups is 2. The maximum Gasteiger partial charge on any atom is 0.254 e. The smallest absolute Gasteiger partial charge is 0.254 e. The minimum atomic E-state index is -0.898. The van der Waals surface area contributed by atoms with Crippen molar-refractivity contribution in [2.75, 3.05) is 24.5 Å². The Morgan fingerprint density at radius 2 is 1.96 bits per heavy atom. The fraction of sp³-hybridized carbons (Fsp3) is 0.556. The van der Waals surface area contributed by atoms with Gasteiger partial charge in [-0.05, 0) is 31.5 Å². The quantitative estimate of drug-likeness (QED) is 0.908. The highest BCUT2D eigenvalue weighted by molar-refractivity contribution is 5.99. The maximum atomic E-state index is 12.8. The number of amides is 2. The van der Waals surface area contributed by atoms with E-state index in [1.165, 1.54) is 0 Å². The SMILES string of the molecule is CC1(C)CN(C(=O)c2cccc(N3CCCC3=O)c2)C[C@@]1(C)O. The van der Waals surface area contributed by atoms with Crippen molar-refractivity contribution < 1.29 is 14.7 Å². The van der Waals surface area contributed by atoms with Crippen LogP contribution < -0.4 is 4.90 Å². The van der Waals surface area contributed by atoms with E-state index in [-0.39, 0.29) is 17.2 Å². The summed E-state index contributed by atoms with van der Waals surface area (Å²) in [5.41, 5.74) is 0.107. The molecule has 0 aromatic heterocycles. The van der Waals surface area contributed by atoms with Crippen LogP contribution >= 0.6 is 0 Å². The molecule has 0 radical (unpaired) electrons. The number of β-amino-alcohol motifs (C(OH)–C–C–N with tert-alkyl or cyclic N) is 1. The van der Waals surface area contributed by atoms with E-state index in [1.807, 2.05) is 26.0 Å². The summed E-state index contributed by atoms with van der Waals surface area (Å²) in [6.45, 7) is 7.28. The molecule has 1 aromatic rings. The van der Waals surface area contributed by atoms with E-state index in [0.717, 1.165) is 12.1 Å². The molecule has 2 heterocycles. The third kappa shape index (κ3) is 2.74. The van der Waals surface area contributed by atoms with Gasteiger partial charge in [0, 0.05) is 36.2 Å². The summed E-state index contributed by atoms with van der Waals surface area (Å²) in [6, 6.07) is 7.23. The monoisotopic (exact) mass is 316 g/mol. The lowest BCUT2D eigenvalue weighted by Gasteiger charge is -2.30. The number of benzene rings is 1. The molecule has 0 aliphatic carbocycles. The van der Waals surface area contributed by atoms with E-state index >= 15 is 0 Å². The molecule has 5 heteroatoms. The molecule has 2 amide bonds. The van der Waals surface area contributed by atoms with Gasteiger partial charge in [0.2, 0.25) is 5.91 Å². The zero-order valence-electron chi connectivity index (χ0n) is 14.0. The van der Waals surface area contributed by atoms with Crippen LogP contribution in [0.25, 0.3) is 0 Å². The second-order valence-electron chi connectivity index (χ2n) is 7.52. The average Bonchev–Trinajstić information content (AvgIpc) is 2.99. The molecule has 0 bridgehead atoms. The topological polar surface area (TPSA) is 60.9 Å². The fourth-order valence-electron chi connectivity index (χ4n) is 3.34. The van der Waals surface area contributed by atoms with Gasteiger partial charge in [-0.1, -0.05) is 19.9 Å². The second-order valence-corrected chi connectivity index (χ2v) is 7.52. The van der Waals surface area contributed by atoms with Gasteiger partial charge in [-0.2, -0.15) is 0 Å². The van der Waals surface area contributed by atoms with Gasteiger partial charge in [0.05, 0.1) is 12.1 Å². The van der Waals surface area contributed by atoms with Crippen LogP contribution in [0.4, 0.5) is 5.69 Å². The van der Waals surface area contributed by atoms with Crippen molar-refractivity contribution in [3.63, 3.8) is 0 Å². The van der Waals surface area contributed by atoms with Crippen LogP contribution in [0.3, 0.4) is 0 Å². The van der Waals surface area contributed by atoms with E-state index in [1.54, 1.807) is 28.9 Å². The molecule has 1 N–H and O–H groups in total. The predicted molar refractivity (Wildman–Crippen MR) is 88.3 cm³/mol. The van der Waals surface area contributed by atoms with Gasteiger partial charge in [0.1, 0.15) is 0 Å². The summed E-state index contributed by atoms with van der Waals surface area (Å²) in [7, 11) is 0. The summed E-state index contributed by atoms with van der Waals surface area (Å²) in [5.74, 6) is 0.0178. The first kappa shape index (κ1) is 16.0. The van der Waals surface area contributed by atoms with Crippen molar-refractivity contribution >= 4 is 17.5 Å². The number of hydrogen-bond acceptors (Lipinski definition) is 3. The molecule has 2 aliphatic heterocycles. The van der Waals surface area contributed by atoms with E-state index < -0.39 is 5.60 Å². The van der Waals surface area contributed by atoms with Crippen molar-refractivity contribution in [1.82, 2.24) is 4.90 Å². The molecule has 2 fully saturated rings. The van der Waals surface area contributed by atoms with Gasteiger partial charge in [0.15, 0.2) is 0 Å². The molecule has 2 aliphatic rings. The fourth-order valence-corrected chi connectivity index (χ4v) is 3.34. The highest BCUT2D eigenvalue weighted by Crippen LogP contribution is 2.39. The third-order valence-electron chi connectivity index (χ3n) is 5.31. The summed E-state index contributed by atoms with van der Waals surface area (Å²) < 4.78 is 0. The maximum absolute atomic E-state index is 12.8. The van der Waals surface area contributed by atoms with Crippen molar-refractivity contribution in [2.45, 2.75) is 39.2 Å². The molecule has 1 atom stereocenters. The normalized spacial score (nSPS) is 26.9. The Morgan fingerprint density at radius 3 is 2.52 bits per heavy atom. The minimum absolute atomic E-state index is 0.0932. The lowest BCUT2D eigenvalue weighted by molar-refractivity contribution is -0.117. The predicted octanol–water partition coefficient (Wildman–Crippen LogP) is 2.05. The van der Waals surface area contributed by atoms with Crippen LogP contribution in [0, 0.1) is 5.41 Å². The molecule has 0 spiro atoms. The largest absolute Gasteiger partial charge is 0.388 e. The first-order chi connectivity index (χ1) is 10.7. The molecule has 23 heavy (non-hydrogen) atoms. The molecule has 0 unspecified atom stereocenters. The Labute approximate surface area is 136 Å². The van der Waals surface area contributed by atoms with Gasteiger partial charge in [-0.15, -0.1) is 0 Å². The van der Waals surface area contributed by atoms with Gasteiger partial charge >= 0.3 is 0 Å².